The van der Waals surface area contributed by atoms with Crippen LogP contribution in [-0.4, -0.2) is 40.8 Å². The van der Waals surface area contributed by atoms with Crippen LogP contribution in [0.4, 0.5) is 4.79 Å². The largest absolute Gasteiger partial charge is 0.493 e. The van der Waals surface area contributed by atoms with Crippen molar-refractivity contribution in [1.82, 2.24) is 9.13 Å². The molecule has 28 heavy (non-hydrogen) atoms. The average molecular weight is 388 g/mol. The van der Waals surface area contributed by atoms with Gasteiger partial charge < -0.3 is 14.2 Å². The Morgan fingerprint density at radius 3 is 2.57 bits per heavy atom. The van der Waals surface area contributed by atoms with Gasteiger partial charge in [0.2, 0.25) is 0 Å². The normalized spacial score (nSPS) is 14.1. The third-order valence-electron chi connectivity index (χ3n) is 4.71. The number of ketones is 1. The van der Waals surface area contributed by atoms with E-state index in [0.717, 1.165) is 30.3 Å². The minimum Gasteiger partial charge on any atom is -0.493 e. The Hall–Kier alpha value is -3.03. The molecule has 0 aliphatic heterocycles. The van der Waals surface area contributed by atoms with Crippen LogP contribution in [0.2, 0.25) is 0 Å². The Morgan fingerprint density at radius 1 is 1.14 bits per heavy atom. The molecule has 0 saturated heterocycles. The summed E-state index contributed by atoms with van der Waals surface area (Å²) < 4.78 is 18.2. The molecule has 2 aromatic rings. The summed E-state index contributed by atoms with van der Waals surface area (Å²) in [5.74, 6) is 0.813. The van der Waals surface area contributed by atoms with Gasteiger partial charge >= 0.3 is 11.8 Å². The molecule has 0 bridgehead atoms. The number of nitrogens with zero attached hydrogens (tertiary/aromatic N) is 2. The monoisotopic (exact) mass is 388 g/mol. The maximum absolute atomic E-state index is 12.7. The highest BCUT2D eigenvalue weighted by molar-refractivity contribution is 5.96. The third-order valence-corrected chi connectivity index (χ3v) is 4.71. The van der Waals surface area contributed by atoms with Gasteiger partial charge in [0, 0.05) is 18.0 Å². The third kappa shape index (κ3) is 4.27. The van der Waals surface area contributed by atoms with E-state index in [1.807, 2.05) is 0 Å². The molecule has 8 nitrogen and oxygen atoms in total. The first-order valence-corrected chi connectivity index (χ1v) is 9.36. The van der Waals surface area contributed by atoms with Crippen LogP contribution >= 0.6 is 0 Å². The smallest absolute Gasteiger partial charge is 0.422 e. The van der Waals surface area contributed by atoms with Crippen molar-refractivity contribution < 1.29 is 23.8 Å². The van der Waals surface area contributed by atoms with Gasteiger partial charge in [-0.25, -0.2) is 14.2 Å². The summed E-state index contributed by atoms with van der Waals surface area (Å²) >= 11 is 0. The number of hydrogen-bond donors (Lipinski definition) is 0. The number of carbonyl (C=O) groups is 2. The Morgan fingerprint density at radius 2 is 1.89 bits per heavy atom. The van der Waals surface area contributed by atoms with E-state index in [1.54, 1.807) is 32.2 Å². The molecule has 0 N–H and O–H groups in total. The minimum atomic E-state index is -0.768. The van der Waals surface area contributed by atoms with Gasteiger partial charge in [-0.2, -0.15) is 0 Å². The van der Waals surface area contributed by atoms with E-state index in [-0.39, 0.29) is 25.0 Å². The zero-order chi connectivity index (χ0) is 20.1. The number of imidazole rings is 1. The second-order valence-corrected chi connectivity index (χ2v) is 6.59. The number of carbonyl (C=O) groups excluding carboxylic acids is 2. The number of ether oxygens (including phenoxy) is 3. The Labute approximate surface area is 162 Å². The summed E-state index contributed by atoms with van der Waals surface area (Å²) in [4.78, 5) is 36.7. The van der Waals surface area contributed by atoms with Crippen molar-refractivity contribution >= 4 is 11.9 Å². The van der Waals surface area contributed by atoms with Gasteiger partial charge in [0.25, 0.3) is 0 Å². The molecular formula is C20H24N2O6. The lowest BCUT2D eigenvalue weighted by Crippen LogP contribution is -2.31. The summed E-state index contributed by atoms with van der Waals surface area (Å²) in [6.07, 6.45) is 6.26. The summed E-state index contributed by atoms with van der Waals surface area (Å²) in [7, 11) is 1.55. The molecule has 8 heteroatoms. The quantitative estimate of drug-likeness (QED) is 0.678. The van der Waals surface area contributed by atoms with Crippen LogP contribution in [0.5, 0.6) is 11.5 Å². The van der Waals surface area contributed by atoms with Gasteiger partial charge in [0.1, 0.15) is 0 Å². The van der Waals surface area contributed by atoms with Crippen molar-refractivity contribution in [2.24, 2.45) is 0 Å². The summed E-state index contributed by atoms with van der Waals surface area (Å²) in [5.41, 5.74) is -0.215. The standard InChI is InChI=1S/C20H24N2O6/c1-3-27-20(25)22-11-10-21(19(22)24)13-16(23)14-8-9-17(26-2)18(12-14)28-15-6-4-5-7-15/h8-12,15H,3-7,13H2,1-2H3. The first-order valence-electron chi connectivity index (χ1n) is 9.36. The van der Waals surface area contributed by atoms with E-state index in [9.17, 15) is 14.4 Å². The number of methoxy groups -OCH3 is 1. The topological polar surface area (TPSA) is 88.8 Å². The molecule has 3 rings (SSSR count). The molecular weight excluding hydrogens is 364 g/mol. The van der Waals surface area contributed by atoms with Crippen LogP contribution < -0.4 is 15.2 Å². The lowest BCUT2D eigenvalue weighted by Gasteiger charge is -2.16. The fourth-order valence-corrected chi connectivity index (χ4v) is 3.24. The fraction of sp³-hybridized carbons (Fsp3) is 0.450. The number of benzene rings is 1. The van der Waals surface area contributed by atoms with E-state index < -0.39 is 11.8 Å². The van der Waals surface area contributed by atoms with Gasteiger partial charge in [-0.15, -0.1) is 0 Å². The Kier molecular flexibility index (Phi) is 6.18. The van der Waals surface area contributed by atoms with Crippen LogP contribution in [-0.2, 0) is 11.3 Å². The molecule has 0 unspecified atom stereocenters. The first-order chi connectivity index (χ1) is 13.5. The SMILES string of the molecule is CCOC(=O)n1ccn(CC(=O)c2ccc(OC)c(OC3CCCC3)c2)c1=O. The van der Waals surface area contributed by atoms with Crippen molar-refractivity contribution in [1.29, 1.82) is 0 Å². The second-order valence-electron chi connectivity index (χ2n) is 6.59. The van der Waals surface area contributed by atoms with Gasteiger partial charge in [0.15, 0.2) is 17.3 Å². The molecule has 0 spiro atoms. The molecule has 1 fully saturated rings. The highest BCUT2D eigenvalue weighted by Gasteiger charge is 2.20. The van der Waals surface area contributed by atoms with Crippen LogP contribution in [0.3, 0.4) is 0 Å². The summed E-state index contributed by atoms with van der Waals surface area (Å²) in [6, 6.07) is 4.97. The summed E-state index contributed by atoms with van der Waals surface area (Å²) in [6.45, 7) is 1.61. The Bertz CT molecular complexity index is 908. The maximum Gasteiger partial charge on any atom is 0.422 e. The lowest BCUT2D eigenvalue weighted by atomic mass is 10.1. The molecule has 1 aromatic heterocycles. The molecule has 0 radical (unpaired) electrons. The highest BCUT2D eigenvalue weighted by Crippen LogP contribution is 2.32. The number of rotatable bonds is 7. The molecule has 1 aromatic carbocycles. The number of Topliss-reactive ketones (excluding diaryl/α,β-unsaturated/α-hetero) is 1. The Balaban J connectivity index is 1.77. The van der Waals surface area contributed by atoms with E-state index >= 15 is 0 Å². The van der Waals surface area contributed by atoms with Crippen molar-refractivity contribution in [2.45, 2.75) is 45.3 Å². The lowest BCUT2D eigenvalue weighted by molar-refractivity contribution is 0.0969. The molecule has 1 aliphatic carbocycles. The van der Waals surface area contributed by atoms with Gasteiger partial charge in [-0.3, -0.25) is 9.36 Å². The predicted molar refractivity (Wildman–Crippen MR) is 101 cm³/mol. The van der Waals surface area contributed by atoms with Crippen LogP contribution in [0.15, 0.2) is 35.4 Å². The molecule has 150 valence electrons. The van der Waals surface area contributed by atoms with Gasteiger partial charge in [0.05, 0.1) is 26.4 Å². The molecule has 1 heterocycles. The zero-order valence-electron chi connectivity index (χ0n) is 16.1. The van der Waals surface area contributed by atoms with Crippen molar-refractivity contribution in [3.63, 3.8) is 0 Å². The maximum atomic E-state index is 12.7. The molecule has 1 saturated carbocycles. The van der Waals surface area contributed by atoms with E-state index in [2.05, 4.69) is 0 Å². The first kappa shape index (κ1) is 19.7. The van der Waals surface area contributed by atoms with Crippen molar-refractivity contribution in [3.05, 3.63) is 46.6 Å². The predicted octanol–water partition coefficient (Wildman–Crippen LogP) is 2.87. The number of hydrogen-bond acceptors (Lipinski definition) is 6. The van der Waals surface area contributed by atoms with E-state index in [0.29, 0.717) is 17.1 Å². The highest BCUT2D eigenvalue weighted by atomic mass is 16.5. The van der Waals surface area contributed by atoms with Gasteiger partial charge in [-0.05, 0) is 50.8 Å². The van der Waals surface area contributed by atoms with Crippen molar-refractivity contribution in [3.8, 4) is 11.5 Å². The van der Waals surface area contributed by atoms with Crippen LogP contribution in [0.1, 0.15) is 43.0 Å². The molecule has 1 aliphatic rings. The van der Waals surface area contributed by atoms with Crippen LogP contribution in [0, 0.1) is 0 Å². The van der Waals surface area contributed by atoms with E-state index in [1.165, 1.54) is 17.0 Å². The zero-order valence-corrected chi connectivity index (χ0v) is 16.1. The molecule has 0 amide bonds. The number of aromatic nitrogens is 2. The fourth-order valence-electron chi connectivity index (χ4n) is 3.24. The summed E-state index contributed by atoms with van der Waals surface area (Å²) in [5, 5.41) is 0. The van der Waals surface area contributed by atoms with Gasteiger partial charge in [-0.1, -0.05) is 0 Å². The average Bonchev–Trinajstić information content (AvgIpc) is 3.32. The minimum absolute atomic E-state index is 0.125. The van der Waals surface area contributed by atoms with E-state index in [4.69, 9.17) is 14.2 Å². The van der Waals surface area contributed by atoms with Crippen molar-refractivity contribution in [2.75, 3.05) is 13.7 Å². The molecule has 0 atom stereocenters. The van der Waals surface area contributed by atoms with Crippen LogP contribution in [0.25, 0.3) is 0 Å². The second kappa shape index (κ2) is 8.77.